The molecule has 0 aliphatic heterocycles. The van der Waals surface area contributed by atoms with Gasteiger partial charge in [0.15, 0.2) is 11.5 Å². The van der Waals surface area contributed by atoms with E-state index in [0.29, 0.717) is 35.0 Å². The Morgan fingerprint density at radius 1 is 1.15 bits per heavy atom. The molecule has 0 radical (unpaired) electrons. The first-order valence-electron chi connectivity index (χ1n) is 8.21. The van der Waals surface area contributed by atoms with Gasteiger partial charge in [-0.05, 0) is 48.2 Å². The number of rotatable bonds is 9. The molecule has 4 nitrogen and oxygen atoms in total. The van der Waals surface area contributed by atoms with Gasteiger partial charge in [0.25, 0.3) is 0 Å². The highest BCUT2D eigenvalue weighted by Gasteiger charge is 2.12. The fourth-order valence-electron chi connectivity index (χ4n) is 2.47. The molecule has 0 spiro atoms. The monoisotopic (exact) mass is 445 g/mol. The van der Waals surface area contributed by atoms with Crippen molar-refractivity contribution in [1.29, 1.82) is 0 Å². The number of aryl methyl sites for hydroxylation is 1. The van der Waals surface area contributed by atoms with E-state index in [9.17, 15) is 18.0 Å². The number of alkyl halides is 2. The number of carbonyl (C=O) groups is 1. The van der Waals surface area contributed by atoms with Crippen molar-refractivity contribution in [2.24, 2.45) is 0 Å². The average molecular weight is 446 g/mol. The van der Waals surface area contributed by atoms with Gasteiger partial charge in [0.05, 0.1) is 7.11 Å². The maximum atomic E-state index is 13.7. The summed E-state index contributed by atoms with van der Waals surface area (Å²) in [5.74, 6) is -0.418. The number of methoxy groups -OCH3 is 1. The largest absolute Gasteiger partial charge is 0.493 e. The molecular formula is C19H19BrF3NO3. The molecule has 2 rings (SSSR count). The van der Waals surface area contributed by atoms with Crippen LogP contribution < -0.4 is 14.8 Å². The van der Waals surface area contributed by atoms with Crippen molar-refractivity contribution in [2.45, 2.75) is 25.9 Å². The van der Waals surface area contributed by atoms with Crippen LogP contribution in [0.15, 0.2) is 40.9 Å². The molecule has 1 amide bonds. The molecule has 0 bridgehead atoms. The molecular weight excluding hydrogens is 427 g/mol. The van der Waals surface area contributed by atoms with E-state index in [2.05, 4.69) is 26.0 Å². The van der Waals surface area contributed by atoms with E-state index in [1.807, 2.05) is 0 Å². The second-order valence-corrected chi connectivity index (χ2v) is 6.62. The molecule has 0 fully saturated rings. The minimum absolute atomic E-state index is 0.0537. The van der Waals surface area contributed by atoms with Gasteiger partial charge in [0.1, 0.15) is 5.82 Å². The summed E-state index contributed by atoms with van der Waals surface area (Å²) < 4.78 is 48.6. The van der Waals surface area contributed by atoms with Crippen molar-refractivity contribution in [1.82, 2.24) is 5.32 Å². The maximum absolute atomic E-state index is 13.7. The van der Waals surface area contributed by atoms with Crippen LogP contribution in [0.25, 0.3) is 0 Å². The molecule has 0 atom stereocenters. The zero-order valence-electron chi connectivity index (χ0n) is 14.6. The first kappa shape index (κ1) is 21.1. The summed E-state index contributed by atoms with van der Waals surface area (Å²) in [4.78, 5) is 11.9. The van der Waals surface area contributed by atoms with Crippen LogP contribution in [0, 0.1) is 5.82 Å². The lowest BCUT2D eigenvalue weighted by molar-refractivity contribution is -0.121. The van der Waals surface area contributed by atoms with E-state index in [-0.39, 0.29) is 29.6 Å². The SMILES string of the molecule is COc1ccc(CCNC(=O)CCc2ccc(Br)cc2F)cc1OC(F)F. The molecule has 0 saturated carbocycles. The normalized spacial score (nSPS) is 10.7. The summed E-state index contributed by atoms with van der Waals surface area (Å²) in [6, 6.07) is 9.41. The lowest BCUT2D eigenvalue weighted by Crippen LogP contribution is -2.26. The van der Waals surface area contributed by atoms with Crippen molar-refractivity contribution >= 4 is 21.8 Å². The molecule has 1 N–H and O–H groups in total. The van der Waals surface area contributed by atoms with Crippen LogP contribution in [0.1, 0.15) is 17.5 Å². The van der Waals surface area contributed by atoms with Gasteiger partial charge in [-0.15, -0.1) is 0 Å². The van der Waals surface area contributed by atoms with Gasteiger partial charge in [0.2, 0.25) is 5.91 Å². The van der Waals surface area contributed by atoms with Gasteiger partial charge in [-0.25, -0.2) is 4.39 Å². The number of carbonyl (C=O) groups excluding carboxylic acids is 1. The average Bonchev–Trinajstić information content (AvgIpc) is 2.61. The summed E-state index contributed by atoms with van der Waals surface area (Å²) in [7, 11) is 1.36. The van der Waals surface area contributed by atoms with Crippen LogP contribution in [0.4, 0.5) is 13.2 Å². The van der Waals surface area contributed by atoms with Gasteiger partial charge >= 0.3 is 6.61 Å². The van der Waals surface area contributed by atoms with Crippen molar-refractivity contribution in [3.8, 4) is 11.5 Å². The summed E-state index contributed by atoms with van der Waals surface area (Å²) in [5.41, 5.74) is 1.18. The molecule has 0 saturated heterocycles. The predicted molar refractivity (Wildman–Crippen MR) is 98.8 cm³/mol. The fraction of sp³-hybridized carbons (Fsp3) is 0.316. The second-order valence-electron chi connectivity index (χ2n) is 5.70. The molecule has 0 heterocycles. The Labute approximate surface area is 163 Å². The molecule has 2 aromatic carbocycles. The molecule has 27 heavy (non-hydrogen) atoms. The predicted octanol–water partition coefficient (Wildman–Crippen LogP) is 4.49. The summed E-state index contributed by atoms with van der Waals surface area (Å²) >= 11 is 3.18. The number of hydrogen-bond donors (Lipinski definition) is 1. The standard InChI is InChI=1S/C19H19BrF3NO3/c1-26-16-6-2-12(10-17(16)27-19(22)23)8-9-24-18(25)7-4-13-3-5-14(20)11-15(13)21/h2-3,5-6,10-11,19H,4,7-9H2,1H3,(H,24,25). The maximum Gasteiger partial charge on any atom is 0.387 e. The van der Waals surface area contributed by atoms with E-state index in [4.69, 9.17) is 4.74 Å². The molecule has 2 aromatic rings. The molecule has 146 valence electrons. The third-order valence-electron chi connectivity index (χ3n) is 3.82. The Morgan fingerprint density at radius 3 is 2.59 bits per heavy atom. The van der Waals surface area contributed by atoms with Gasteiger partial charge in [-0.2, -0.15) is 8.78 Å². The number of ether oxygens (including phenoxy) is 2. The summed E-state index contributed by atoms with van der Waals surface area (Å²) in [6.45, 7) is -2.63. The van der Waals surface area contributed by atoms with E-state index < -0.39 is 6.61 Å². The third-order valence-corrected chi connectivity index (χ3v) is 4.31. The van der Waals surface area contributed by atoms with E-state index in [1.54, 1.807) is 18.2 Å². The second kappa shape index (κ2) is 10.2. The van der Waals surface area contributed by atoms with E-state index in [0.717, 1.165) is 0 Å². The topological polar surface area (TPSA) is 47.6 Å². The van der Waals surface area contributed by atoms with Crippen molar-refractivity contribution in [3.05, 3.63) is 57.8 Å². The van der Waals surface area contributed by atoms with E-state index >= 15 is 0 Å². The van der Waals surface area contributed by atoms with Crippen LogP contribution in [-0.2, 0) is 17.6 Å². The highest BCUT2D eigenvalue weighted by atomic mass is 79.9. The smallest absolute Gasteiger partial charge is 0.387 e. The summed E-state index contributed by atoms with van der Waals surface area (Å²) in [5, 5.41) is 2.73. The third kappa shape index (κ3) is 6.78. The zero-order valence-corrected chi connectivity index (χ0v) is 16.2. The van der Waals surface area contributed by atoms with Crippen LogP contribution in [0.2, 0.25) is 0 Å². The van der Waals surface area contributed by atoms with Crippen LogP contribution in [-0.4, -0.2) is 26.2 Å². The van der Waals surface area contributed by atoms with Crippen molar-refractivity contribution < 1.29 is 27.4 Å². The lowest BCUT2D eigenvalue weighted by Gasteiger charge is -2.12. The van der Waals surface area contributed by atoms with Crippen molar-refractivity contribution in [2.75, 3.05) is 13.7 Å². The van der Waals surface area contributed by atoms with E-state index in [1.165, 1.54) is 25.3 Å². The molecule has 8 heteroatoms. The number of nitrogens with one attached hydrogen (secondary N) is 1. The van der Waals surface area contributed by atoms with Gasteiger partial charge in [0, 0.05) is 17.4 Å². The molecule has 0 aromatic heterocycles. The number of benzene rings is 2. The van der Waals surface area contributed by atoms with Crippen LogP contribution in [0.3, 0.4) is 0 Å². The van der Waals surface area contributed by atoms with Gasteiger partial charge < -0.3 is 14.8 Å². The first-order chi connectivity index (χ1) is 12.9. The van der Waals surface area contributed by atoms with Crippen molar-refractivity contribution in [3.63, 3.8) is 0 Å². The van der Waals surface area contributed by atoms with Crippen LogP contribution >= 0.6 is 15.9 Å². The number of amides is 1. The Kier molecular flexibility index (Phi) is 7.97. The Balaban J connectivity index is 1.82. The summed E-state index contributed by atoms with van der Waals surface area (Å²) in [6.07, 6.45) is 0.878. The number of halogens is 4. The lowest BCUT2D eigenvalue weighted by atomic mass is 10.1. The minimum Gasteiger partial charge on any atom is -0.493 e. The Bertz CT molecular complexity index is 787. The number of hydrogen-bond acceptors (Lipinski definition) is 3. The minimum atomic E-state index is -2.95. The molecule has 0 aliphatic carbocycles. The zero-order chi connectivity index (χ0) is 19.8. The van der Waals surface area contributed by atoms with Crippen LogP contribution in [0.5, 0.6) is 11.5 Å². The molecule has 0 aliphatic rings. The highest BCUT2D eigenvalue weighted by Crippen LogP contribution is 2.29. The quantitative estimate of drug-likeness (QED) is 0.618. The highest BCUT2D eigenvalue weighted by molar-refractivity contribution is 9.10. The Hall–Kier alpha value is -2.22. The van der Waals surface area contributed by atoms with Gasteiger partial charge in [-0.3, -0.25) is 4.79 Å². The Morgan fingerprint density at radius 2 is 1.93 bits per heavy atom. The first-order valence-corrected chi connectivity index (χ1v) is 9.00. The fourth-order valence-corrected chi connectivity index (χ4v) is 2.81. The molecule has 0 unspecified atom stereocenters. The van der Waals surface area contributed by atoms with Gasteiger partial charge in [-0.1, -0.05) is 28.1 Å².